The summed E-state index contributed by atoms with van der Waals surface area (Å²) < 4.78 is 5.24. The van der Waals surface area contributed by atoms with Crippen LogP contribution < -0.4 is 4.74 Å². The Labute approximate surface area is 119 Å². The predicted octanol–water partition coefficient (Wildman–Crippen LogP) is 4.38. The molecule has 1 unspecified atom stereocenters. The zero-order chi connectivity index (χ0) is 13.0. The number of benzene rings is 2. The third-order valence-electron chi connectivity index (χ3n) is 2.33. The lowest BCUT2D eigenvalue weighted by molar-refractivity contribution is -0.133. The van der Waals surface area contributed by atoms with Crippen LogP contribution in [0, 0.1) is 0 Å². The first kappa shape index (κ1) is 13.1. The van der Waals surface area contributed by atoms with Crippen molar-refractivity contribution in [2.24, 2.45) is 0 Å². The fraction of sp³-hybridized carbons (Fsp3) is 0.0714. The van der Waals surface area contributed by atoms with Gasteiger partial charge >= 0.3 is 5.97 Å². The summed E-state index contributed by atoms with van der Waals surface area (Å²) in [7, 11) is 0. The molecule has 0 fully saturated rings. The Morgan fingerprint density at radius 3 is 2.28 bits per heavy atom. The molecule has 0 aliphatic heterocycles. The Morgan fingerprint density at radius 2 is 1.67 bits per heavy atom. The van der Waals surface area contributed by atoms with Crippen LogP contribution in [0.3, 0.4) is 0 Å². The highest BCUT2D eigenvalue weighted by molar-refractivity contribution is 9.09. The lowest BCUT2D eigenvalue weighted by Crippen LogP contribution is -2.13. The van der Waals surface area contributed by atoms with Gasteiger partial charge in [-0.3, -0.25) is 4.79 Å². The Morgan fingerprint density at radius 1 is 1.06 bits per heavy atom. The number of rotatable bonds is 3. The minimum absolute atomic E-state index is 0.358. The molecular formula is C14H10BrClO2. The van der Waals surface area contributed by atoms with Gasteiger partial charge in [0, 0.05) is 5.02 Å². The van der Waals surface area contributed by atoms with Gasteiger partial charge in [-0.15, -0.1) is 0 Å². The molecule has 0 N–H and O–H groups in total. The van der Waals surface area contributed by atoms with E-state index in [4.69, 9.17) is 16.3 Å². The van der Waals surface area contributed by atoms with Crippen LogP contribution in [0.25, 0.3) is 0 Å². The molecule has 0 aliphatic rings. The highest BCUT2D eigenvalue weighted by Gasteiger charge is 2.18. The first-order chi connectivity index (χ1) is 8.66. The molecule has 92 valence electrons. The monoisotopic (exact) mass is 324 g/mol. The maximum Gasteiger partial charge on any atom is 0.329 e. The van der Waals surface area contributed by atoms with E-state index < -0.39 is 4.83 Å². The molecule has 2 aromatic carbocycles. The maximum atomic E-state index is 11.9. The average molecular weight is 326 g/mol. The predicted molar refractivity (Wildman–Crippen MR) is 75.2 cm³/mol. The molecule has 0 bridgehead atoms. The first-order valence-corrected chi connectivity index (χ1v) is 6.62. The first-order valence-electron chi connectivity index (χ1n) is 5.33. The van der Waals surface area contributed by atoms with Crippen LogP contribution in [-0.2, 0) is 4.79 Å². The molecule has 0 aliphatic carbocycles. The average Bonchev–Trinajstić information content (AvgIpc) is 2.41. The van der Waals surface area contributed by atoms with Crippen molar-refractivity contribution in [1.29, 1.82) is 0 Å². The van der Waals surface area contributed by atoms with Crippen molar-refractivity contribution in [3.05, 3.63) is 65.2 Å². The minimum atomic E-state index is -0.477. The van der Waals surface area contributed by atoms with Crippen molar-refractivity contribution in [1.82, 2.24) is 0 Å². The lowest BCUT2D eigenvalue weighted by atomic mass is 10.1. The van der Waals surface area contributed by atoms with Crippen molar-refractivity contribution in [3.8, 4) is 5.75 Å². The molecule has 0 amide bonds. The van der Waals surface area contributed by atoms with Crippen LogP contribution in [0.2, 0.25) is 5.02 Å². The second-order valence-electron chi connectivity index (χ2n) is 3.65. The van der Waals surface area contributed by atoms with Crippen LogP contribution in [0.15, 0.2) is 54.6 Å². The number of carbonyl (C=O) groups excluding carboxylic acids is 1. The Bertz CT molecular complexity index is 525. The molecule has 18 heavy (non-hydrogen) atoms. The molecular weight excluding hydrogens is 316 g/mol. The molecule has 0 saturated heterocycles. The fourth-order valence-corrected chi connectivity index (χ4v) is 1.95. The van der Waals surface area contributed by atoms with Gasteiger partial charge in [-0.2, -0.15) is 0 Å². The normalized spacial score (nSPS) is 11.9. The number of hydrogen-bond donors (Lipinski definition) is 0. The van der Waals surface area contributed by atoms with Gasteiger partial charge in [0.05, 0.1) is 0 Å². The van der Waals surface area contributed by atoms with E-state index in [9.17, 15) is 4.79 Å². The van der Waals surface area contributed by atoms with Crippen molar-refractivity contribution >= 4 is 33.5 Å². The minimum Gasteiger partial charge on any atom is -0.425 e. The van der Waals surface area contributed by atoms with Crippen molar-refractivity contribution in [2.75, 3.05) is 0 Å². The highest BCUT2D eigenvalue weighted by Crippen LogP contribution is 2.25. The van der Waals surface area contributed by atoms with Gasteiger partial charge in [0.15, 0.2) is 0 Å². The molecule has 0 aromatic heterocycles. The largest absolute Gasteiger partial charge is 0.425 e. The van der Waals surface area contributed by atoms with E-state index in [0.29, 0.717) is 10.8 Å². The van der Waals surface area contributed by atoms with Crippen LogP contribution in [-0.4, -0.2) is 5.97 Å². The zero-order valence-corrected chi connectivity index (χ0v) is 11.7. The SMILES string of the molecule is O=C(Oc1ccc(Cl)cc1)C(Br)c1ccccc1. The Hall–Kier alpha value is -1.32. The summed E-state index contributed by atoms with van der Waals surface area (Å²) in [6.45, 7) is 0. The van der Waals surface area contributed by atoms with Crippen LogP contribution >= 0.6 is 27.5 Å². The summed E-state index contributed by atoms with van der Waals surface area (Å²) in [5.74, 6) is 0.119. The molecule has 0 heterocycles. The molecule has 0 spiro atoms. The molecule has 2 nitrogen and oxygen atoms in total. The number of halogens is 2. The molecule has 1 atom stereocenters. The molecule has 0 saturated carbocycles. The number of esters is 1. The van der Waals surface area contributed by atoms with Crippen LogP contribution in [0.4, 0.5) is 0 Å². The topological polar surface area (TPSA) is 26.3 Å². The van der Waals surface area contributed by atoms with E-state index in [1.807, 2.05) is 30.3 Å². The third kappa shape index (κ3) is 3.34. The smallest absolute Gasteiger partial charge is 0.329 e. The Kier molecular flexibility index (Phi) is 4.39. The summed E-state index contributed by atoms with van der Waals surface area (Å²) in [6, 6.07) is 16.0. The number of alkyl halides is 1. The van der Waals surface area contributed by atoms with Gasteiger partial charge in [0.2, 0.25) is 0 Å². The van der Waals surface area contributed by atoms with E-state index in [1.165, 1.54) is 0 Å². The summed E-state index contributed by atoms with van der Waals surface area (Å²) in [5, 5.41) is 0.605. The second-order valence-corrected chi connectivity index (χ2v) is 5.00. The van der Waals surface area contributed by atoms with Gasteiger partial charge in [-0.25, -0.2) is 0 Å². The van der Waals surface area contributed by atoms with Crippen molar-refractivity contribution in [3.63, 3.8) is 0 Å². The second kappa shape index (κ2) is 6.03. The summed E-state index contributed by atoms with van der Waals surface area (Å²) in [5.41, 5.74) is 0.858. The van der Waals surface area contributed by atoms with E-state index in [1.54, 1.807) is 24.3 Å². The number of carbonyl (C=O) groups is 1. The lowest BCUT2D eigenvalue weighted by Gasteiger charge is -2.10. The summed E-state index contributed by atoms with van der Waals surface area (Å²) >= 11 is 9.08. The van der Waals surface area contributed by atoms with Gasteiger partial charge in [0.1, 0.15) is 10.6 Å². The highest BCUT2D eigenvalue weighted by atomic mass is 79.9. The molecule has 0 radical (unpaired) electrons. The van der Waals surface area contributed by atoms with E-state index in [0.717, 1.165) is 5.56 Å². The van der Waals surface area contributed by atoms with Crippen LogP contribution in [0.5, 0.6) is 5.75 Å². The van der Waals surface area contributed by atoms with E-state index >= 15 is 0 Å². The number of hydrogen-bond acceptors (Lipinski definition) is 2. The van der Waals surface area contributed by atoms with Crippen molar-refractivity contribution < 1.29 is 9.53 Å². The maximum absolute atomic E-state index is 11.9. The van der Waals surface area contributed by atoms with Gasteiger partial charge in [0.25, 0.3) is 0 Å². The fourth-order valence-electron chi connectivity index (χ4n) is 1.43. The molecule has 4 heteroatoms. The van der Waals surface area contributed by atoms with Crippen LogP contribution in [0.1, 0.15) is 10.4 Å². The third-order valence-corrected chi connectivity index (χ3v) is 3.49. The summed E-state index contributed by atoms with van der Waals surface area (Å²) in [4.78, 5) is 11.4. The van der Waals surface area contributed by atoms with E-state index in [-0.39, 0.29) is 5.97 Å². The number of ether oxygens (including phenoxy) is 1. The van der Waals surface area contributed by atoms with Crippen molar-refractivity contribution in [2.45, 2.75) is 4.83 Å². The van der Waals surface area contributed by atoms with Gasteiger partial charge in [-0.1, -0.05) is 57.9 Å². The quantitative estimate of drug-likeness (QED) is 0.475. The molecule has 2 rings (SSSR count). The van der Waals surface area contributed by atoms with E-state index in [2.05, 4.69) is 15.9 Å². The standard InChI is InChI=1S/C14H10BrClO2/c15-13(10-4-2-1-3-5-10)14(17)18-12-8-6-11(16)7-9-12/h1-9,13H. The van der Waals surface area contributed by atoms with Gasteiger partial charge in [-0.05, 0) is 29.8 Å². The Balaban J connectivity index is 2.06. The van der Waals surface area contributed by atoms with Gasteiger partial charge < -0.3 is 4.74 Å². The zero-order valence-electron chi connectivity index (χ0n) is 9.35. The summed E-state index contributed by atoms with van der Waals surface area (Å²) in [6.07, 6.45) is 0. The molecule has 2 aromatic rings.